The number of carbonyl (C=O) groups excluding carboxylic acids is 1. The Morgan fingerprint density at radius 1 is 1.47 bits per heavy atom. The Hall–Kier alpha value is -1.42. The molecule has 1 aliphatic heterocycles. The van der Waals surface area contributed by atoms with E-state index >= 15 is 0 Å². The van der Waals surface area contributed by atoms with Gasteiger partial charge in [-0.2, -0.15) is 0 Å². The van der Waals surface area contributed by atoms with Gasteiger partial charge in [0.2, 0.25) is 0 Å². The Morgan fingerprint density at radius 3 is 2.82 bits per heavy atom. The average molecular weight is 237 g/mol. The third kappa shape index (κ3) is 2.64. The number of halogens is 1. The first-order chi connectivity index (χ1) is 8.22. The minimum atomic E-state index is -0.264. The number of benzene rings is 1. The average Bonchev–Trinajstić information content (AvgIpc) is 2.79. The van der Waals surface area contributed by atoms with Crippen molar-refractivity contribution in [2.24, 2.45) is 5.92 Å². The van der Waals surface area contributed by atoms with Crippen LogP contribution in [0.15, 0.2) is 24.3 Å². The molecule has 0 aromatic heterocycles. The summed E-state index contributed by atoms with van der Waals surface area (Å²) in [5.74, 6) is -0.605. The summed E-state index contributed by atoms with van der Waals surface area (Å²) in [5.41, 5.74) is 0.932. The summed E-state index contributed by atoms with van der Waals surface area (Å²) >= 11 is 0. The fraction of sp³-hybridized carbons (Fsp3) is 0.462. The third-order valence-corrected chi connectivity index (χ3v) is 3.04. The molecule has 1 N–H and O–H groups in total. The summed E-state index contributed by atoms with van der Waals surface area (Å²) in [6, 6.07) is 6.19. The number of nitrogens with one attached hydrogen (secondary N) is 1. The van der Waals surface area contributed by atoms with E-state index in [0.29, 0.717) is 6.61 Å². The highest BCUT2D eigenvalue weighted by Gasteiger charge is 2.34. The Balaban J connectivity index is 2.14. The van der Waals surface area contributed by atoms with Crippen molar-refractivity contribution >= 4 is 5.97 Å². The number of rotatable bonds is 3. The fourth-order valence-corrected chi connectivity index (χ4v) is 2.23. The zero-order valence-electron chi connectivity index (χ0n) is 9.78. The number of hydrogen-bond acceptors (Lipinski definition) is 3. The first-order valence-corrected chi connectivity index (χ1v) is 5.88. The highest BCUT2D eigenvalue weighted by Crippen LogP contribution is 2.30. The van der Waals surface area contributed by atoms with Gasteiger partial charge in [0.25, 0.3) is 0 Å². The number of carbonyl (C=O) groups is 1. The van der Waals surface area contributed by atoms with Gasteiger partial charge in [0.15, 0.2) is 0 Å². The van der Waals surface area contributed by atoms with Gasteiger partial charge < -0.3 is 10.1 Å². The second kappa shape index (κ2) is 5.27. The van der Waals surface area contributed by atoms with Crippen molar-refractivity contribution in [3.05, 3.63) is 35.6 Å². The molecular weight excluding hydrogens is 221 g/mol. The van der Waals surface area contributed by atoms with Crippen molar-refractivity contribution in [3.8, 4) is 0 Å². The van der Waals surface area contributed by atoms with Crippen LogP contribution < -0.4 is 5.32 Å². The molecule has 1 aliphatic rings. The Bertz CT molecular complexity index is 391. The van der Waals surface area contributed by atoms with E-state index in [-0.39, 0.29) is 23.7 Å². The molecule has 0 saturated carbocycles. The lowest BCUT2D eigenvalue weighted by Crippen LogP contribution is -2.25. The van der Waals surface area contributed by atoms with Gasteiger partial charge >= 0.3 is 5.97 Å². The van der Waals surface area contributed by atoms with Gasteiger partial charge in [-0.25, -0.2) is 4.39 Å². The molecule has 1 fully saturated rings. The van der Waals surface area contributed by atoms with Crippen molar-refractivity contribution < 1.29 is 13.9 Å². The standard InChI is InChI=1S/C13H16FNO2/c1-2-17-13(16)11-7-8-15-12(11)9-3-5-10(14)6-4-9/h3-6,11-12,15H,2,7-8H2,1H3/t11-,12+/m1/s1. The van der Waals surface area contributed by atoms with Gasteiger partial charge in [-0.15, -0.1) is 0 Å². The van der Waals surface area contributed by atoms with Crippen LogP contribution in [-0.4, -0.2) is 19.1 Å². The van der Waals surface area contributed by atoms with Gasteiger partial charge in [0, 0.05) is 6.04 Å². The van der Waals surface area contributed by atoms with E-state index < -0.39 is 0 Å². The van der Waals surface area contributed by atoms with Gasteiger partial charge in [-0.1, -0.05) is 12.1 Å². The topological polar surface area (TPSA) is 38.3 Å². The molecule has 17 heavy (non-hydrogen) atoms. The van der Waals surface area contributed by atoms with Gasteiger partial charge in [0.1, 0.15) is 5.82 Å². The van der Waals surface area contributed by atoms with Crippen LogP contribution in [0.3, 0.4) is 0 Å². The maximum atomic E-state index is 12.8. The molecule has 0 bridgehead atoms. The highest BCUT2D eigenvalue weighted by molar-refractivity contribution is 5.74. The summed E-state index contributed by atoms with van der Waals surface area (Å²) in [6.45, 7) is 2.98. The molecule has 0 unspecified atom stereocenters. The molecule has 2 atom stereocenters. The van der Waals surface area contributed by atoms with E-state index in [1.54, 1.807) is 19.1 Å². The third-order valence-electron chi connectivity index (χ3n) is 3.04. The Morgan fingerprint density at radius 2 is 2.18 bits per heavy atom. The number of esters is 1. The maximum Gasteiger partial charge on any atom is 0.310 e. The lowest BCUT2D eigenvalue weighted by molar-refractivity contribution is -0.148. The van der Waals surface area contributed by atoms with Gasteiger partial charge in [-0.3, -0.25) is 4.79 Å². The first kappa shape index (κ1) is 12.0. The second-order valence-electron chi connectivity index (χ2n) is 4.13. The first-order valence-electron chi connectivity index (χ1n) is 5.88. The zero-order valence-corrected chi connectivity index (χ0v) is 9.78. The van der Waals surface area contributed by atoms with Crippen molar-refractivity contribution in [3.63, 3.8) is 0 Å². The van der Waals surface area contributed by atoms with Crippen molar-refractivity contribution in [2.75, 3.05) is 13.2 Å². The van der Waals surface area contributed by atoms with Crippen molar-refractivity contribution in [1.82, 2.24) is 5.32 Å². The SMILES string of the molecule is CCOC(=O)[C@@H]1CCN[C@H]1c1ccc(F)cc1. The molecule has 0 aliphatic carbocycles. The number of ether oxygens (including phenoxy) is 1. The second-order valence-corrected chi connectivity index (χ2v) is 4.13. The van der Waals surface area contributed by atoms with Crippen molar-refractivity contribution in [2.45, 2.75) is 19.4 Å². The van der Waals surface area contributed by atoms with Crippen LogP contribution in [0.4, 0.5) is 4.39 Å². The van der Waals surface area contributed by atoms with Gasteiger partial charge in [0.05, 0.1) is 12.5 Å². The minimum absolute atomic E-state index is 0.0605. The molecule has 0 spiro atoms. The van der Waals surface area contributed by atoms with Crippen molar-refractivity contribution in [1.29, 1.82) is 0 Å². The van der Waals surface area contributed by atoms with Crippen LogP contribution >= 0.6 is 0 Å². The highest BCUT2D eigenvalue weighted by atomic mass is 19.1. The van der Waals surface area contributed by atoms with Crippen LogP contribution in [-0.2, 0) is 9.53 Å². The van der Waals surface area contributed by atoms with Crippen LogP contribution in [0, 0.1) is 11.7 Å². The largest absolute Gasteiger partial charge is 0.466 e. The predicted octanol–water partition coefficient (Wildman–Crippen LogP) is 2.04. The van der Waals surface area contributed by atoms with Crippen LogP contribution in [0.25, 0.3) is 0 Å². The number of hydrogen-bond donors (Lipinski definition) is 1. The molecule has 2 rings (SSSR count). The van der Waals surface area contributed by atoms with Crippen LogP contribution in [0.5, 0.6) is 0 Å². The molecule has 1 saturated heterocycles. The molecule has 3 nitrogen and oxygen atoms in total. The molecule has 0 amide bonds. The molecule has 1 heterocycles. The fourth-order valence-electron chi connectivity index (χ4n) is 2.23. The molecule has 0 radical (unpaired) electrons. The molecule has 1 aromatic rings. The van der Waals surface area contributed by atoms with E-state index in [1.165, 1.54) is 12.1 Å². The van der Waals surface area contributed by atoms with E-state index in [2.05, 4.69) is 5.32 Å². The van der Waals surface area contributed by atoms with E-state index in [4.69, 9.17) is 4.74 Å². The predicted molar refractivity (Wildman–Crippen MR) is 61.9 cm³/mol. The monoisotopic (exact) mass is 237 g/mol. The smallest absolute Gasteiger partial charge is 0.310 e. The Labute approximate surface area is 100.0 Å². The van der Waals surface area contributed by atoms with Gasteiger partial charge in [-0.05, 0) is 37.6 Å². The normalized spacial score (nSPS) is 23.6. The summed E-state index contributed by atoms with van der Waals surface area (Å²) < 4.78 is 17.9. The summed E-state index contributed by atoms with van der Waals surface area (Å²) in [4.78, 5) is 11.8. The quantitative estimate of drug-likeness (QED) is 0.817. The molecule has 92 valence electrons. The molecular formula is C13H16FNO2. The summed E-state index contributed by atoms with van der Waals surface area (Å²) in [5, 5.41) is 3.26. The Kier molecular flexibility index (Phi) is 3.74. The van der Waals surface area contributed by atoms with Crippen LogP contribution in [0.2, 0.25) is 0 Å². The molecule has 4 heteroatoms. The van der Waals surface area contributed by atoms with Crippen LogP contribution in [0.1, 0.15) is 24.9 Å². The maximum absolute atomic E-state index is 12.8. The lowest BCUT2D eigenvalue weighted by Gasteiger charge is -2.18. The minimum Gasteiger partial charge on any atom is -0.466 e. The summed E-state index contributed by atoms with van der Waals surface area (Å²) in [7, 11) is 0. The molecule has 1 aromatic carbocycles. The zero-order chi connectivity index (χ0) is 12.3. The summed E-state index contributed by atoms with van der Waals surface area (Å²) in [6.07, 6.45) is 0.765. The lowest BCUT2D eigenvalue weighted by atomic mass is 9.94. The van der Waals surface area contributed by atoms with E-state index in [1.807, 2.05) is 0 Å². The van der Waals surface area contributed by atoms with E-state index in [9.17, 15) is 9.18 Å². The van der Waals surface area contributed by atoms with E-state index in [0.717, 1.165) is 18.5 Å².